The second-order valence-electron chi connectivity index (χ2n) is 7.60. The van der Waals surface area contributed by atoms with E-state index in [1.807, 2.05) is 0 Å². The van der Waals surface area contributed by atoms with Gasteiger partial charge in [0.25, 0.3) is 0 Å². The summed E-state index contributed by atoms with van der Waals surface area (Å²) >= 11 is 0. The van der Waals surface area contributed by atoms with Gasteiger partial charge in [-0.15, -0.1) is 0 Å². The summed E-state index contributed by atoms with van der Waals surface area (Å²) in [5.41, 5.74) is -0.580. The second-order valence-corrected chi connectivity index (χ2v) is 7.60. The van der Waals surface area contributed by atoms with E-state index in [9.17, 15) is 18.8 Å². The van der Waals surface area contributed by atoms with Gasteiger partial charge in [0.2, 0.25) is 5.91 Å². The van der Waals surface area contributed by atoms with Crippen molar-refractivity contribution in [1.29, 1.82) is 0 Å². The lowest BCUT2D eigenvalue weighted by atomic mass is 9.69. The van der Waals surface area contributed by atoms with Gasteiger partial charge in [-0.2, -0.15) is 0 Å². The van der Waals surface area contributed by atoms with E-state index in [0.29, 0.717) is 13.0 Å². The molecule has 3 rings (SSSR count). The predicted molar refractivity (Wildman–Crippen MR) is 96.1 cm³/mol. The summed E-state index contributed by atoms with van der Waals surface area (Å²) in [6, 6.07) is 5.83. The number of hydrogen-bond acceptors (Lipinski definition) is 5. The topological polar surface area (TPSA) is 66.9 Å². The van der Waals surface area contributed by atoms with Crippen LogP contribution in [0, 0.1) is 11.2 Å². The number of piperidine rings is 1. The molecule has 0 unspecified atom stereocenters. The minimum absolute atomic E-state index is 0.0276. The van der Waals surface area contributed by atoms with Crippen LogP contribution in [-0.2, 0) is 25.7 Å². The number of rotatable bonds is 5. The third kappa shape index (κ3) is 3.36. The molecule has 146 valence electrons. The summed E-state index contributed by atoms with van der Waals surface area (Å²) in [6.45, 7) is 0.498. The number of fused-ring (bicyclic) bond motifs is 2. The lowest BCUT2D eigenvalue weighted by Gasteiger charge is -2.45. The van der Waals surface area contributed by atoms with Crippen LogP contribution in [0.3, 0.4) is 0 Å². The normalized spacial score (nSPS) is 27.5. The summed E-state index contributed by atoms with van der Waals surface area (Å²) < 4.78 is 18.2. The maximum Gasteiger partial charge on any atom is 0.321 e. The van der Waals surface area contributed by atoms with Crippen molar-refractivity contribution in [3.05, 3.63) is 35.6 Å². The number of Topliss-reactive ketones (excluding diaryl/α,β-unsaturated/α-hetero) is 1. The first-order valence-corrected chi connectivity index (χ1v) is 9.11. The van der Waals surface area contributed by atoms with Crippen molar-refractivity contribution in [3.8, 4) is 0 Å². The van der Waals surface area contributed by atoms with Gasteiger partial charge in [0.05, 0.1) is 13.5 Å². The molecule has 2 fully saturated rings. The lowest BCUT2D eigenvalue weighted by Crippen LogP contribution is -2.61. The molecule has 2 aliphatic heterocycles. The van der Waals surface area contributed by atoms with Crippen molar-refractivity contribution in [2.45, 2.75) is 44.3 Å². The molecule has 2 bridgehead atoms. The number of halogens is 1. The molecule has 6 nitrogen and oxygen atoms in total. The molecular weight excluding hydrogens is 351 g/mol. The van der Waals surface area contributed by atoms with Crippen molar-refractivity contribution < 1.29 is 23.5 Å². The van der Waals surface area contributed by atoms with Crippen LogP contribution in [0.5, 0.6) is 0 Å². The van der Waals surface area contributed by atoms with Crippen molar-refractivity contribution in [3.63, 3.8) is 0 Å². The minimum Gasteiger partial charge on any atom is -0.468 e. The molecule has 27 heavy (non-hydrogen) atoms. The minimum atomic E-state index is -1.48. The number of amides is 1. The Morgan fingerprint density at radius 3 is 2.52 bits per heavy atom. The van der Waals surface area contributed by atoms with Crippen molar-refractivity contribution >= 4 is 17.7 Å². The Bertz CT molecular complexity index is 749. The number of methoxy groups -OCH3 is 1. The van der Waals surface area contributed by atoms with E-state index in [1.54, 1.807) is 26.2 Å². The number of ether oxygens (including phenoxy) is 1. The van der Waals surface area contributed by atoms with Crippen molar-refractivity contribution in [2.24, 2.45) is 5.41 Å². The molecule has 1 aromatic carbocycles. The summed E-state index contributed by atoms with van der Waals surface area (Å²) in [5.74, 6) is -1.44. The van der Waals surface area contributed by atoms with Crippen molar-refractivity contribution in [1.82, 2.24) is 9.80 Å². The Morgan fingerprint density at radius 1 is 1.26 bits per heavy atom. The Labute approximate surface area is 158 Å². The predicted octanol–water partition coefficient (Wildman–Crippen LogP) is 1.77. The van der Waals surface area contributed by atoms with E-state index in [4.69, 9.17) is 4.74 Å². The maximum absolute atomic E-state index is 13.2. The number of benzene rings is 1. The van der Waals surface area contributed by atoms with E-state index in [1.165, 1.54) is 24.1 Å². The first kappa shape index (κ1) is 19.5. The van der Waals surface area contributed by atoms with Crippen molar-refractivity contribution in [2.75, 3.05) is 21.2 Å². The van der Waals surface area contributed by atoms with E-state index in [-0.39, 0.29) is 36.4 Å². The zero-order valence-corrected chi connectivity index (χ0v) is 15.9. The van der Waals surface area contributed by atoms with Gasteiger partial charge in [-0.05, 0) is 30.5 Å². The summed E-state index contributed by atoms with van der Waals surface area (Å²) in [4.78, 5) is 41.8. The molecule has 0 radical (unpaired) electrons. The van der Waals surface area contributed by atoms with Gasteiger partial charge in [0, 0.05) is 39.1 Å². The Hall–Kier alpha value is -2.28. The highest BCUT2D eigenvalue weighted by atomic mass is 19.1. The molecule has 2 saturated heterocycles. The van der Waals surface area contributed by atoms with Crippen LogP contribution in [0.15, 0.2) is 24.3 Å². The SMILES string of the molecule is COC(=O)[C@@]1(CC(=O)N(C)C)C(=O)C[C@H]2CC[C@@H]1N2Cc1ccc(F)cc1. The Kier molecular flexibility index (Phi) is 5.33. The van der Waals surface area contributed by atoms with Gasteiger partial charge in [-0.1, -0.05) is 12.1 Å². The number of nitrogens with zero attached hydrogens (tertiary/aromatic N) is 2. The van der Waals surface area contributed by atoms with E-state index < -0.39 is 17.4 Å². The molecule has 0 spiro atoms. The summed E-state index contributed by atoms with van der Waals surface area (Å²) in [6.07, 6.45) is 1.45. The molecule has 3 atom stereocenters. The number of ketones is 1. The maximum atomic E-state index is 13.2. The van der Waals surface area contributed by atoms with Crippen LogP contribution < -0.4 is 0 Å². The Morgan fingerprint density at radius 2 is 1.93 bits per heavy atom. The van der Waals surface area contributed by atoms with Crippen LogP contribution in [0.2, 0.25) is 0 Å². The molecule has 2 heterocycles. The van der Waals surface area contributed by atoms with Gasteiger partial charge in [-0.25, -0.2) is 4.39 Å². The molecule has 1 amide bonds. The van der Waals surface area contributed by atoms with E-state index in [2.05, 4.69) is 4.90 Å². The fourth-order valence-corrected chi connectivity index (χ4v) is 4.42. The van der Waals surface area contributed by atoms with Crippen LogP contribution in [-0.4, -0.2) is 60.7 Å². The average molecular weight is 376 g/mol. The van der Waals surface area contributed by atoms with Crippen LogP contribution in [0.25, 0.3) is 0 Å². The molecule has 0 N–H and O–H groups in total. The quantitative estimate of drug-likeness (QED) is 0.579. The molecule has 2 aliphatic rings. The third-order valence-electron chi connectivity index (χ3n) is 5.89. The first-order chi connectivity index (χ1) is 12.8. The number of esters is 1. The highest BCUT2D eigenvalue weighted by Gasteiger charge is 2.62. The average Bonchev–Trinajstić information content (AvgIpc) is 2.95. The fourth-order valence-electron chi connectivity index (χ4n) is 4.42. The third-order valence-corrected chi connectivity index (χ3v) is 5.89. The monoisotopic (exact) mass is 376 g/mol. The van der Waals surface area contributed by atoms with Crippen LogP contribution >= 0.6 is 0 Å². The molecule has 0 aromatic heterocycles. The lowest BCUT2D eigenvalue weighted by molar-refractivity contribution is -0.170. The summed E-state index contributed by atoms with van der Waals surface area (Å²) in [7, 11) is 4.46. The number of hydrogen-bond donors (Lipinski definition) is 0. The molecule has 0 aliphatic carbocycles. The first-order valence-electron chi connectivity index (χ1n) is 9.11. The second kappa shape index (κ2) is 7.38. The number of carbonyl (C=O) groups excluding carboxylic acids is 3. The van der Waals surface area contributed by atoms with Gasteiger partial charge in [0.1, 0.15) is 5.82 Å². The van der Waals surface area contributed by atoms with Crippen LogP contribution in [0.1, 0.15) is 31.2 Å². The van der Waals surface area contributed by atoms with Crippen LogP contribution in [0.4, 0.5) is 4.39 Å². The molecule has 7 heteroatoms. The van der Waals surface area contributed by atoms with E-state index >= 15 is 0 Å². The van der Waals surface area contributed by atoms with Gasteiger partial charge in [0.15, 0.2) is 11.2 Å². The zero-order chi connectivity index (χ0) is 19.8. The largest absolute Gasteiger partial charge is 0.468 e. The zero-order valence-electron chi connectivity index (χ0n) is 15.9. The highest BCUT2D eigenvalue weighted by molar-refractivity contribution is 6.08. The van der Waals surface area contributed by atoms with Gasteiger partial charge in [-0.3, -0.25) is 19.3 Å². The standard InChI is InChI=1S/C20H25FN2O4/c1-22(2)18(25)11-20(19(26)27-3)16-9-8-15(10-17(20)24)23(16)12-13-4-6-14(21)7-5-13/h4-7,15-16H,8-12H2,1-3H3/t15-,16+,20-/m1/s1. The van der Waals surface area contributed by atoms with Gasteiger partial charge < -0.3 is 9.64 Å². The highest BCUT2D eigenvalue weighted by Crippen LogP contribution is 2.48. The molecular formula is C20H25FN2O4. The molecule has 1 aromatic rings. The summed E-state index contributed by atoms with van der Waals surface area (Å²) in [5, 5.41) is 0. The smallest absolute Gasteiger partial charge is 0.321 e. The number of carbonyl (C=O) groups is 3. The Balaban J connectivity index is 1.96. The fraction of sp³-hybridized carbons (Fsp3) is 0.550. The molecule has 0 saturated carbocycles. The van der Waals surface area contributed by atoms with E-state index in [0.717, 1.165) is 12.0 Å². The van der Waals surface area contributed by atoms with Gasteiger partial charge >= 0.3 is 5.97 Å².